The first-order valence-electron chi connectivity index (χ1n) is 5.26. The van der Waals surface area contributed by atoms with Gasteiger partial charge >= 0.3 is 12.0 Å². The number of nitrogen functional groups attached to an aromatic ring is 1. The van der Waals surface area contributed by atoms with E-state index in [0.29, 0.717) is 18.0 Å². The Morgan fingerprint density at radius 3 is 2.61 bits per heavy atom. The van der Waals surface area contributed by atoms with Crippen LogP contribution in [0.25, 0.3) is 0 Å². The lowest BCUT2D eigenvalue weighted by Crippen LogP contribution is -2.00. The number of nitrogens with one attached hydrogen (secondary N) is 1. The topological polar surface area (TPSA) is 95.4 Å². The van der Waals surface area contributed by atoms with Crippen LogP contribution in [0.5, 0.6) is 11.5 Å². The van der Waals surface area contributed by atoms with Crippen molar-refractivity contribution in [1.82, 2.24) is 10.2 Å². The molecule has 0 aliphatic carbocycles. The highest BCUT2D eigenvalue weighted by Gasteiger charge is 2.06. The number of aromatic nitrogens is 2. The van der Waals surface area contributed by atoms with Crippen LogP contribution >= 0.6 is 0 Å². The van der Waals surface area contributed by atoms with Gasteiger partial charge in [0.2, 0.25) is 0 Å². The molecule has 0 aliphatic rings. The fraction of sp³-hybridized carbons (Fsp3) is 0.273. The second kappa shape index (κ2) is 5.26. The van der Waals surface area contributed by atoms with Crippen molar-refractivity contribution in [2.75, 3.05) is 25.3 Å². The van der Waals surface area contributed by atoms with Crippen LogP contribution in [-0.2, 0) is 6.54 Å². The van der Waals surface area contributed by atoms with Gasteiger partial charge in [-0.25, -0.2) is 0 Å². The first-order chi connectivity index (χ1) is 8.72. The first kappa shape index (κ1) is 12.0. The van der Waals surface area contributed by atoms with Crippen LogP contribution < -0.4 is 20.5 Å². The van der Waals surface area contributed by atoms with Gasteiger partial charge in [0.15, 0.2) is 11.5 Å². The molecule has 0 saturated heterocycles. The predicted octanol–water partition coefficient (Wildman–Crippen LogP) is 1.28. The number of benzene rings is 1. The van der Waals surface area contributed by atoms with E-state index in [-0.39, 0.29) is 12.0 Å². The van der Waals surface area contributed by atoms with E-state index in [4.69, 9.17) is 19.6 Å². The monoisotopic (exact) mass is 250 g/mol. The first-order valence-corrected chi connectivity index (χ1v) is 5.26. The van der Waals surface area contributed by atoms with Gasteiger partial charge in [0.1, 0.15) is 0 Å². The highest BCUT2D eigenvalue weighted by molar-refractivity contribution is 5.43. The molecule has 7 heteroatoms. The molecule has 1 aromatic heterocycles. The maximum atomic E-state index is 5.31. The van der Waals surface area contributed by atoms with Gasteiger partial charge < -0.3 is 24.9 Å². The average molecular weight is 250 g/mol. The summed E-state index contributed by atoms with van der Waals surface area (Å²) in [4.78, 5) is 0. The standard InChI is InChI=1S/C11H14N4O3/c1-16-8-4-3-7(5-9(8)17-2)6-13-11-15-14-10(12)18-11/h3-5H,6H2,1-2H3,(H2,12,14)(H,13,15). The van der Waals surface area contributed by atoms with Crippen molar-refractivity contribution in [3.05, 3.63) is 23.8 Å². The van der Waals surface area contributed by atoms with E-state index < -0.39 is 0 Å². The minimum atomic E-state index is 0.0322. The summed E-state index contributed by atoms with van der Waals surface area (Å²) in [5.74, 6) is 1.35. The molecular weight excluding hydrogens is 236 g/mol. The van der Waals surface area contributed by atoms with Gasteiger partial charge in [-0.1, -0.05) is 16.3 Å². The van der Waals surface area contributed by atoms with E-state index in [2.05, 4.69) is 15.5 Å². The van der Waals surface area contributed by atoms with Crippen molar-refractivity contribution in [2.45, 2.75) is 6.54 Å². The smallest absolute Gasteiger partial charge is 0.317 e. The Balaban J connectivity index is 2.05. The van der Waals surface area contributed by atoms with Gasteiger partial charge in [0.25, 0.3) is 0 Å². The van der Waals surface area contributed by atoms with E-state index in [1.165, 1.54) is 0 Å². The van der Waals surface area contributed by atoms with Crippen molar-refractivity contribution >= 4 is 12.0 Å². The Bertz CT molecular complexity index is 527. The lowest BCUT2D eigenvalue weighted by Gasteiger charge is -2.09. The SMILES string of the molecule is COc1ccc(CNc2nnc(N)o2)cc1OC. The van der Waals surface area contributed by atoms with E-state index in [1.807, 2.05) is 18.2 Å². The zero-order chi connectivity index (χ0) is 13.0. The van der Waals surface area contributed by atoms with Gasteiger partial charge in [-0.2, -0.15) is 0 Å². The largest absolute Gasteiger partial charge is 0.493 e. The Morgan fingerprint density at radius 2 is 2.00 bits per heavy atom. The van der Waals surface area contributed by atoms with Crippen molar-refractivity contribution < 1.29 is 13.9 Å². The molecule has 1 heterocycles. The molecule has 0 atom stereocenters. The number of hydrogen-bond acceptors (Lipinski definition) is 7. The molecule has 0 aliphatic heterocycles. The quantitative estimate of drug-likeness (QED) is 0.825. The molecule has 1 aromatic carbocycles. The molecule has 3 N–H and O–H groups in total. The summed E-state index contributed by atoms with van der Waals surface area (Å²) in [7, 11) is 3.19. The summed E-state index contributed by atoms with van der Waals surface area (Å²) in [5.41, 5.74) is 6.30. The number of hydrogen-bond donors (Lipinski definition) is 2. The molecule has 2 aromatic rings. The lowest BCUT2D eigenvalue weighted by atomic mass is 10.2. The van der Waals surface area contributed by atoms with Gasteiger partial charge in [0, 0.05) is 6.54 Å². The fourth-order valence-electron chi connectivity index (χ4n) is 1.47. The normalized spacial score (nSPS) is 10.1. The molecule has 0 unspecified atom stereocenters. The molecule has 0 amide bonds. The maximum absolute atomic E-state index is 5.31. The van der Waals surface area contributed by atoms with Gasteiger partial charge in [-0.05, 0) is 17.7 Å². The summed E-state index contributed by atoms with van der Waals surface area (Å²) in [6, 6.07) is 5.92. The summed E-state index contributed by atoms with van der Waals surface area (Å²) in [6.45, 7) is 0.516. The van der Waals surface area contributed by atoms with Crippen LogP contribution in [0.15, 0.2) is 22.6 Å². The number of nitrogens with two attached hydrogens (primary N) is 1. The molecule has 18 heavy (non-hydrogen) atoms. The minimum absolute atomic E-state index is 0.0322. The molecule has 0 bridgehead atoms. The van der Waals surface area contributed by atoms with Crippen molar-refractivity contribution in [3.8, 4) is 11.5 Å². The number of ether oxygens (including phenoxy) is 2. The number of rotatable bonds is 5. The summed E-state index contributed by atoms with van der Waals surface area (Å²) in [5, 5.41) is 10.2. The highest BCUT2D eigenvalue weighted by atomic mass is 16.5. The Morgan fingerprint density at radius 1 is 1.22 bits per heavy atom. The van der Waals surface area contributed by atoms with Crippen molar-refractivity contribution in [3.63, 3.8) is 0 Å². The third-order valence-electron chi connectivity index (χ3n) is 2.33. The summed E-state index contributed by atoms with van der Waals surface area (Å²) < 4.78 is 15.4. The second-order valence-electron chi connectivity index (χ2n) is 3.49. The lowest BCUT2D eigenvalue weighted by molar-refractivity contribution is 0.354. The second-order valence-corrected chi connectivity index (χ2v) is 3.49. The fourth-order valence-corrected chi connectivity index (χ4v) is 1.47. The highest BCUT2D eigenvalue weighted by Crippen LogP contribution is 2.27. The minimum Gasteiger partial charge on any atom is -0.493 e. The summed E-state index contributed by atoms with van der Waals surface area (Å²) in [6.07, 6.45) is 0. The number of anilines is 2. The molecule has 7 nitrogen and oxygen atoms in total. The predicted molar refractivity (Wildman–Crippen MR) is 65.6 cm³/mol. The third kappa shape index (κ3) is 2.62. The molecule has 0 radical (unpaired) electrons. The van der Waals surface area contributed by atoms with Crippen LogP contribution in [0, 0.1) is 0 Å². The summed E-state index contributed by atoms with van der Waals surface area (Å²) >= 11 is 0. The van der Waals surface area contributed by atoms with Crippen molar-refractivity contribution in [2.24, 2.45) is 0 Å². The number of methoxy groups -OCH3 is 2. The Kier molecular flexibility index (Phi) is 3.52. The zero-order valence-electron chi connectivity index (χ0n) is 10.1. The van der Waals surface area contributed by atoms with E-state index in [9.17, 15) is 0 Å². The van der Waals surface area contributed by atoms with Crippen LogP contribution in [0.1, 0.15) is 5.56 Å². The molecule has 2 rings (SSSR count). The van der Waals surface area contributed by atoms with Gasteiger partial charge in [0.05, 0.1) is 14.2 Å². The Hall–Kier alpha value is -2.44. The van der Waals surface area contributed by atoms with E-state index in [0.717, 1.165) is 5.56 Å². The third-order valence-corrected chi connectivity index (χ3v) is 2.33. The maximum Gasteiger partial charge on any atom is 0.317 e. The van der Waals surface area contributed by atoms with Crippen LogP contribution in [0.4, 0.5) is 12.0 Å². The molecule has 96 valence electrons. The van der Waals surface area contributed by atoms with Gasteiger partial charge in [-0.3, -0.25) is 0 Å². The number of nitrogens with zero attached hydrogens (tertiary/aromatic N) is 2. The molecule has 0 spiro atoms. The molecule has 0 saturated carbocycles. The van der Waals surface area contributed by atoms with E-state index in [1.54, 1.807) is 14.2 Å². The van der Waals surface area contributed by atoms with Crippen molar-refractivity contribution in [1.29, 1.82) is 0 Å². The van der Waals surface area contributed by atoms with E-state index >= 15 is 0 Å². The van der Waals surface area contributed by atoms with Crippen LogP contribution in [0.3, 0.4) is 0 Å². The molecular formula is C11H14N4O3. The average Bonchev–Trinajstić information content (AvgIpc) is 2.81. The van der Waals surface area contributed by atoms with Crippen LogP contribution in [-0.4, -0.2) is 24.4 Å². The van der Waals surface area contributed by atoms with Gasteiger partial charge in [-0.15, -0.1) is 0 Å². The Labute approximate surface area is 104 Å². The van der Waals surface area contributed by atoms with Crippen LogP contribution in [0.2, 0.25) is 0 Å². The zero-order valence-corrected chi connectivity index (χ0v) is 10.1. The molecule has 0 fully saturated rings.